The van der Waals surface area contributed by atoms with Gasteiger partial charge in [0, 0.05) is 35.6 Å². The molecule has 1 aliphatic rings. The monoisotopic (exact) mass is 272 g/mol. The van der Waals surface area contributed by atoms with E-state index >= 15 is 0 Å². The van der Waals surface area contributed by atoms with Crippen LogP contribution in [0, 0.1) is 0 Å². The molecule has 0 amide bonds. The van der Waals surface area contributed by atoms with Crippen molar-refractivity contribution in [2.24, 2.45) is 5.73 Å². The van der Waals surface area contributed by atoms with Crippen LogP contribution >= 0.6 is 11.8 Å². The van der Waals surface area contributed by atoms with Crippen molar-refractivity contribution < 1.29 is 0 Å². The van der Waals surface area contributed by atoms with E-state index in [9.17, 15) is 0 Å². The molecule has 0 aliphatic heterocycles. The van der Waals surface area contributed by atoms with Crippen LogP contribution in [0.4, 0.5) is 0 Å². The lowest BCUT2D eigenvalue weighted by Gasteiger charge is -2.17. The van der Waals surface area contributed by atoms with Gasteiger partial charge < -0.3 is 10.3 Å². The van der Waals surface area contributed by atoms with E-state index in [0.29, 0.717) is 0 Å². The number of thioether (sulfide) groups is 1. The van der Waals surface area contributed by atoms with Crippen LogP contribution in [0.2, 0.25) is 0 Å². The molecule has 1 heterocycles. The molecule has 0 saturated carbocycles. The van der Waals surface area contributed by atoms with Crippen molar-refractivity contribution in [3.05, 3.63) is 53.9 Å². The minimum atomic E-state index is 0.256. The predicted molar refractivity (Wildman–Crippen MR) is 81.5 cm³/mol. The molecule has 1 aromatic heterocycles. The van der Waals surface area contributed by atoms with Crippen molar-refractivity contribution in [2.45, 2.75) is 36.7 Å². The lowest BCUT2D eigenvalue weighted by Crippen LogP contribution is -2.15. The molecule has 0 fully saturated rings. The first kappa shape index (κ1) is 12.8. The van der Waals surface area contributed by atoms with Crippen LogP contribution in [-0.4, -0.2) is 10.3 Å². The topological polar surface area (TPSA) is 30.9 Å². The third-order valence-electron chi connectivity index (χ3n) is 3.72. The normalized spacial score (nSPS) is 18.3. The quantitative estimate of drug-likeness (QED) is 0.862. The van der Waals surface area contributed by atoms with Gasteiger partial charge in [-0.15, -0.1) is 11.8 Å². The smallest absolute Gasteiger partial charge is 0.0314 e. The summed E-state index contributed by atoms with van der Waals surface area (Å²) in [7, 11) is 0. The van der Waals surface area contributed by atoms with Crippen molar-refractivity contribution in [3.8, 4) is 0 Å². The Kier molecular flexibility index (Phi) is 3.95. The molecule has 2 nitrogen and oxygen atoms in total. The fourth-order valence-electron chi connectivity index (χ4n) is 2.70. The highest BCUT2D eigenvalue weighted by Gasteiger charge is 2.18. The average molecular weight is 272 g/mol. The summed E-state index contributed by atoms with van der Waals surface area (Å²) < 4.78 is 2.31. The van der Waals surface area contributed by atoms with Gasteiger partial charge in [-0.3, -0.25) is 0 Å². The Morgan fingerprint density at radius 1 is 1.21 bits per heavy atom. The minimum Gasteiger partial charge on any atom is -0.353 e. The van der Waals surface area contributed by atoms with E-state index < -0.39 is 0 Å². The van der Waals surface area contributed by atoms with Crippen molar-refractivity contribution in [3.63, 3.8) is 0 Å². The lowest BCUT2D eigenvalue weighted by atomic mass is 9.92. The minimum absolute atomic E-state index is 0.256. The van der Waals surface area contributed by atoms with Crippen molar-refractivity contribution >= 4 is 11.8 Å². The zero-order valence-corrected chi connectivity index (χ0v) is 11.9. The van der Waals surface area contributed by atoms with Crippen LogP contribution in [0.5, 0.6) is 0 Å². The molecule has 0 saturated heterocycles. The number of aromatic nitrogens is 1. The fraction of sp³-hybridized carbons (Fsp3) is 0.375. The van der Waals surface area contributed by atoms with Gasteiger partial charge in [-0.1, -0.05) is 18.2 Å². The lowest BCUT2D eigenvalue weighted by molar-refractivity contribution is 0.573. The van der Waals surface area contributed by atoms with Gasteiger partial charge in [0.2, 0.25) is 0 Å². The van der Waals surface area contributed by atoms with E-state index in [1.165, 1.54) is 28.9 Å². The molecule has 0 bridgehead atoms. The third kappa shape index (κ3) is 3.04. The van der Waals surface area contributed by atoms with Crippen molar-refractivity contribution in [1.82, 2.24) is 4.57 Å². The number of fused-ring (bicyclic) bond motifs is 1. The largest absolute Gasteiger partial charge is 0.353 e. The van der Waals surface area contributed by atoms with Gasteiger partial charge >= 0.3 is 0 Å². The molecule has 0 radical (unpaired) electrons. The summed E-state index contributed by atoms with van der Waals surface area (Å²) in [5.41, 5.74) is 8.99. The molecular formula is C16H20N2S. The number of aryl methyl sites for hydroxylation is 2. The standard InChI is InChI=1S/C16H20N2S/c17-16-8-4-5-13-11-18(12-15(13)16)9-10-19-14-6-2-1-3-7-14/h1-3,6-7,11-12,16H,4-5,8-10,17H2. The van der Waals surface area contributed by atoms with Crippen LogP contribution in [-0.2, 0) is 13.0 Å². The summed E-state index contributed by atoms with van der Waals surface area (Å²) >= 11 is 1.91. The van der Waals surface area contributed by atoms with E-state index in [-0.39, 0.29) is 6.04 Å². The first-order chi connectivity index (χ1) is 9.33. The predicted octanol–water partition coefficient (Wildman–Crippen LogP) is 3.62. The number of hydrogen-bond donors (Lipinski definition) is 1. The zero-order chi connectivity index (χ0) is 13.1. The molecule has 3 heteroatoms. The molecule has 0 spiro atoms. The van der Waals surface area contributed by atoms with Crippen LogP contribution in [0.1, 0.15) is 30.0 Å². The second-order valence-corrected chi connectivity index (χ2v) is 6.31. The van der Waals surface area contributed by atoms with Gasteiger partial charge in [-0.2, -0.15) is 0 Å². The highest BCUT2D eigenvalue weighted by molar-refractivity contribution is 7.99. The van der Waals surface area contributed by atoms with E-state index in [0.717, 1.165) is 18.7 Å². The van der Waals surface area contributed by atoms with Crippen LogP contribution in [0.3, 0.4) is 0 Å². The molecule has 2 N–H and O–H groups in total. The van der Waals surface area contributed by atoms with Crippen molar-refractivity contribution in [2.75, 3.05) is 5.75 Å². The Morgan fingerprint density at radius 3 is 2.84 bits per heavy atom. The summed E-state index contributed by atoms with van der Waals surface area (Å²) in [6.07, 6.45) is 8.11. The molecule has 2 aromatic rings. The Hall–Kier alpha value is -1.19. The summed E-state index contributed by atoms with van der Waals surface area (Å²) in [6, 6.07) is 10.8. The third-order valence-corrected chi connectivity index (χ3v) is 4.71. The van der Waals surface area contributed by atoms with E-state index in [1.807, 2.05) is 11.8 Å². The SMILES string of the molecule is NC1CCCc2cn(CCSc3ccccc3)cc21. The zero-order valence-electron chi connectivity index (χ0n) is 11.1. The Labute approximate surface area is 119 Å². The molecule has 100 valence electrons. The molecule has 1 unspecified atom stereocenters. The second kappa shape index (κ2) is 5.85. The van der Waals surface area contributed by atoms with E-state index in [2.05, 4.69) is 47.3 Å². The summed E-state index contributed by atoms with van der Waals surface area (Å²) in [5.74, 6) is 1.10. The Balaban J connectivity index is 1.59. The molecule has 19 heavy (non-hydrogen) atoms. The molecule has 1 atom stereocenters. The molecule has 1 aromatic carbocycles. The van der Waals surface area contributed by atoms with Crippen molar-refractivity contribution in [1.29, 1.82) is 0 Å². The fourth-order valence-corrected chi connectivity index (χ4v) is 3.59. The van der Waals surface area contributed by atoms with Gasteiger partial charge in [-0.05, 0) is 42.5 Å². The average Bonchev–Trinajstić information content (AvgIpc) is 2.84. The second-order valence-electron chi connectivity index (χ2n) is 5.14. The maximum atomic E-state index is 6.16. The summed E-state index contributed by atoms with van der Waals surface area (Å²) in [6.45, 7) is 1.05. The number of hydrogen-bond acceptors (Lipinski definition) is 2. The molecule has 3 rings (SSSR count). The maximum absolute atomic E-state index is 6.16. The van der Waals surface area contributed by atoms with E-state index in [1.54, 1.807) is 0 Å². The van der Waals surface area contributed by atoms with Crippen LogP contribution in [0.25, 0.3) is 0 Å². The summed E-state index contributed by atoms with van der Waals surface area (Å²) in [4.78, 5) is 1.34. The maximum Gasteiger partial charge on any atom is 0.0314 e. The number of nitrogens with two attached hydrogens (primary N) is 1. The Bertz CT molecular complexity index is 533. The highest BCUT2D eigenvalue weighted by atomic mass is 32.2. The van der Waals surface area contributed by atoms with E-state index in [4.69, 9.17) is 5.73 Å². The summed E-state index contributed by atoms with van der Waals surface area (Å²) in [5, 5.41) is 0. The molecular weight excluding hydrogens is 252 g/mol. The molecule has 1 aliphatic carbocycles. The van der Waals surface area contributed by atoms with Gasteiger partial charge in [0.1, 0.15) is 0 Å². The Morgan fingerprint density at radius 2 is 2.05 bits per heavy atom. The van der Waals surface area contributed by atoms with Gasteiger partial charge in [-0.25, -0.2) is 0 Å². The van der Waals surface area contributed by atoms with Gasteiger partial charge in [0.25, 0.3) is 0 Å². The van der Waals surface area contributed by atoms with Crippen LogP contribution in [0.15, 0.2) is 47.6 Å². The first-order valence-corrected chi connectivity index (χ1v) is 7.93. The van der Waals surface area contributed by atoms with Gasteiger partial charge in [0.05, 0.1) is 0 Å². The van der Waals surface area contributed by atoms with Crippen LogP contribution < -0.4 is 5.73 Å². The number of nitrogens with zero attached hydrogens (tertiary/aromatic N) is 1. The van der Waals surface area contributed by atoms with Gasteiger partial charge in [0.15, 0.2) is 0 Å². The number of benzene rings is 1. The first-order valence-electron chi connectivity index (χ1n) is 6.95. The number of rotatable bonds is 4. The highest BCUT2D eigenvalue weighted by Crippen LogP contribution is 2.28.